The molecule has 0 fully saturated rings. The van der Waals surface area contributed by atoms with Crippen LogP contribution in [0.1, 0.15) is 74.9 Å². The van der Waals surface area contributed by atoms with E-state index in [2.05, 4.69) is 142 Å². The van der Waals surface area contributed by atoms with Crippen molar-refractivity contribution in [2.45, 2.75) is 83.1 Å². The fourth-order valence-electron chi connectivity index (χ4n) is 5.50. The van der Waals surface area contributed by atoms with Gasteiger partial charge in [0.25, 0.3) is 0 Å². The van der Waals surface area contributed by atoms with Crippen molar-refractivity contribution >= 4 is 11.4 Å². The Balaban J connectivity index is 2.07. The summed E-state index contributed by atoms with van der Waals surface area (Å²) in [4.78, 5) is 4.74. The molecule has 0 spiro atoms. The number of hydrogen-bond acceptors (Lipinski definition) is 3. The van der Waals surface area contributed by atoms with E-state index in [1.165, 1.54) is 44.8 Å². The quantitative estimate of drug-likeness (QED) is 0.412. The van der Waals surface area contributed by atoms with E-state index in [-0.39, 0.29) is 10.8 Å². The van der Waals surface area contributed by atoms with Gasteiger partial charge in [-0.25, -0.2) is 0 Å². The predicted octanol–water partition coefficient (Wildman–Crippen LogP) is 9.44. The molecule has 3 heteroatoms. The van der Waals surface area contributed by atoms with Gasteiger partial charge in [0.05, 0.1) is 11.4 Å². The molecule has 2 aromatic rings. The number of benzene rings is 2. The molecule has 0 atom stereocenters. The minimum absolute atomic E-state index is 0.121. The Morgan fingerprint density at radius 3 is 1.16 bits per heavy atom. The average molecular weight is 497 g/mol. The third-order valence-electron chi connectivity index (χ3n) is 7.10. The molecular weight excluding hydrogens is 452 g/mol. The van der Waals surface area contributed by atoms with Crippen LogP contribution in [-0.4, -0.2) is 0 Å². The third-order valence-corrected chi connectivity index (χ3v) is 7.10. The van der Waals surface area contributed by atoms with Crippen LogP contribution in [0.15, 0.2) is 71.7 Å². The lowest BCUT2D eigenvalue weighted by molar-refractivity contribution is 0.161. The zero-order valence-electron chi connectivity index (χ0n) is 24.9. The number of hydrogen-bond donors (Lipinski definition) is 0. The SMILES string of the molecule is Cc1cc(C)c(N2C=CN(c3c(C)cc(C)cc3C)C2=C2C=C(C(C)(C)C)OC(C(C)(C)C)=C2)c(C)c1. The second-order valence-corrected chi connectivity index (χ2v) is 12.9. The van der Waals surface area contributed by atoms with Crippen LogP contribution in [0.5, 0.6) is 0 Å². The van der Waals surface area contributed by atoms with Gasteiger partial charge >= 0.3 is 0 Å². The zero-order chi connectivity index (χ0) is 27.4. The van der Waals surface area contributed by atoms with Crippen molar-refractivity contribution in [3.05, 3.63) is 105 Å². The third kappa shape index (κ3) is 5.14. The molecule has 0 saturated heterocycles. The van der Waals surface area contributed by atoms with Crippen LogP contribution in [0.4, 0.5) is 11.4 Å². The van der Waals surface area contributed by atoms with Crippen molar-refractivity contribution in [3.8, 4) is 0 Å². The van der Waals surface area contributed by atoms with Crippen LogP contribution in [-0.2, 0) is 4.74 Å². The molecule has 0 radical (unpaired) electrons. The van der Waals surface area contributed by atoms with Crippen molar-refractivity contribution in [3.63, 3.8) is 0 Å². The first-order chi connectivity index (χ1) is 17.1. The smallest absolute Gasteiger partial charge is 0.129 e. The summed E-state index contributed by atoms with van der Waals surface area (Å²) in [5.74, 6) is 3.12. The summed E-state index contributed by atoms with van der Waals surface area (Å²) in [6.07, 6.45) is 8.93. The molecule has 0 aromatic heterocycles. The van der Waals surface area contributed by atoms with Crippen LogP contribution in [0, 0.1) is 52.4 Å². The average Bonchev–Trinajstić information content (AvgIpc) is 3.14. The Morgan fingerprint density at radius 2 is 0.865 bits per heavy atom. The van der Waals surface area contributed by atoms with Crippen molar-refractivity contribution < 1.29 is 4.74 Å². The Labute approximate surface area is 224 Å². The largest absolute Gasteiger partial charge is 0.465 e. The topological polar surface area (TPSA) is 15.7 Å². The summed E-state index contributed by atoms with van der Waals surface area (Å²) in [7, 11) is 0. The van der Waals surface area contributed by atoms with Crippen molar-refractivity contribution in [2.75, 3.05) is 9.80 Å². The van der Waals surface area contributed by atoms with Gasteiger partial charge < -0.3 is 14.5 Å². The molecule has 0 bridgehead atoms. The van der Waals surface area contributed by atoms with Gasteiger partial charge in [0.2, 0.25) is 0 Å². The Kier molecular flexibility index (Phi) is 6.73. The van der Waals surface area contributed by atoms with Crippen molar-refractivity contribution in [1.82, 2.24) is 0 Å². The van der Waals surface area contributed by atoms with Gasteiger partial charge in [0.15, 0.2) is 0 Å². The van der Waals surface area contributed by atoms with E-state index in [4.69, 9.17) is 4.74 Å². The van der Waals surface area contributed by atoms with Crippen molar-refractivity contribution in [1.29, 1.82) is 0 Å². The van der Waals surface area contributed by atoms with Gasteiger partial charge in [0, 0.05) is 28.8 Å². The zero-order valence-corrected chi connectivity index (χ0v) is 24.9. The van der Waals surface area contributed by atoms with E-state index in [9.17, 15) is 0 Å². The molecule has 4 rings (SSSR count). The number of nitrogens with zero attached hydrogens (tertiary/aromatic N) is 2. The van der Waals surface area contributed by atoms with Crippen LogP contribution in [0.2, 0.25) is 0 Å². The van der Waals surface area contributed by atoms with Gasteiger partial charge in [0.1, 0.15) is 17.3 Å². The number of anilines is 2. The lowest BCUT2D eigenvalue weighted by Gasteiger charge is -2.35. The second kappa shape index (κ2) is 9.28. The molecule has 196 valence electrons. The highest BCUT2D eigenvalue weighted by Gasteiger charge is 2.34. The normalized spacial score (nSPS) is 16.3. The highest BCUT2D eigenvalue weighted by molar-refractivity contribution is 5.78. The molecule has 0 N–H and O–H groups in total. The monoisotopic (exact) mass is 496 g/mol. The summed E-state index contributed by atoms with van der Waals surface area (Å²) in [6.45, 7) is 26.5. The summed E-state index contributed by atoms with van der Waals surface area (Å²) in [5, 5.41) is 0. The first-order valence-corrected chi connectivity index (χ1v) is 13.4. The molecule has 2 aliphatic rings. The predicted molar refractivity (Wildman–Crippen MR) is 159 cm³/mol. The maximum atomic E-state index is 6.54. The molecule has 0 aliphatic carbocycles. The lowest BCUT2D eigenvalue weighted by atomic mass is 9.87. The van der Waals surface area contributed by atoms with E-state index in [1.54, 1.807) is 0 Å². The maximum Gasteiger partial charge on any atom is 0.129 e. The van der Waals surface area contributed by atoms with E-state index in [1.807, 2.05) is 0 Å². The molecular formula is C34H44N2O. The van der Waals surface area contributed by atoms with Gasteiger partial charge in [-0.3, -0.25) is 0 Å². The number of ether oxygens (including phenoxy) is 1. The van der Waals surface area contributed by atoms with Gasteiger partial charge in [-0.15, -0.1) is 0 Å². The molecule has 0 amide bonds. The van der Waals surface area contributed by atoms with Crippen LogP contribution < -0.4 is 9.80 Å². The summed E-state index contributed by atoms with van der Waals surface area (Å²) < 4.78 is 6.54. The van der Waals surface area contributed by atoms with Crippen LogP contribution in [0.3, 0.4) is 0 Å². The first-order valence-electron chi connectivity index (χ1n) is 13.4. The Bertz CT molecular complexity index is 1220. The fraction of sp³-hybridized carbons (Fsp3) is 0.412. The number of rotatable bonds is 2. The van der Waals surface area contributed by atoms with E-state index in [0.717, 1.165) is 22.9 Å². The van der Waals surface area contributed by atoms with E-state index in [0.29, 0.717) is 0 Å². The minimum atomic E-state index is -0.121. The number of aryl methyl sites for hydroxylation is 6. The van der Waals surface area contributed by atoms with E-state index >= 15 is 0 Å². The van der Waals surface area contributed by atoms with Gasteiger partial charge in [-0.2, -0.15) is 0 Å². The van der Waals surface area contributed by atoms with Crippen LogP contribution >= 0.6 is 0 Å². The molecule has 2 heterocycles. The van der Waals surface area contributed by atoms with E-state index < -0.39 is 0 Å². The second-order valence-electron chi connectivity index (χ2n) is 12.9. The molecule has 37 heavy (non-hydrogen) atoms. The summed E-state index contributed by atoms with van der Waals surface area (Å²) in [6, 6.07) is 9.11. The maximum absolute atomic E-state index is 6.54. The van der Waals surface area contributed by atoms with Crippen LogP contribution in [0.25, 0.3) is 0 Å². The minimum Gasteiger partial charge on any atom is -0.465 e. The Hall–Kier alpha value is -3.20. The molecule has 2 aromatic carbocycles. The van der Waals surface area contributed by atoms with Gasteiger partial charge in [-0.05, 0) is 75.9 Å². The standard InChI is InChI=1S/C34H44N2O/c1-21-15-23(3)30(24(4)16-21)35-13-14-36(31-25(5)17-22(2)18-26(31)6)32(35)27-19-28(33(7,8)9)37-29(20-27)34(10,11)12/h13-20H,1-12H3. The summed E-state index contributed by atoms with van der Waals surface area (Å²) in [5.41, 5.74) is 11.0. The van der Waals surface area contributed by atoms with Gasteiger partial charge in [-0.1, -0.05) is 76.9 Å². The molecule has 3 nitrogen and oxygen atoms in total. The van der Waals surface area contributed by atoms with Crippen molar-refractivity contribution in [2.24, 2.45) is 10.8 Å². The fourth-order valence-corrected chi connectivity index (χ4v) is 5.50. The highest BCUT2D eigenvalue weighted by Crippen LogP contribution is 2.44. The molecule has 0 saturated carbocycles. The Morgan fingerprint density at radius 1 is 0.541 bits per heavy atom. The molecule has 2 aliphatic heterocycles. The summed E-state index contributed by atoms with van der Waals surface area (Å²) >= 11 is 0. The molecule has 0 unspecified atom stereocenters. The highest BCUT2D eigenvalue weighted by atomic mass is 16.5. The lowest BCUT2D eigenvalue weighted by Crippen LogP contribution is -2.28. The first kappa shape index (κ1) is 26.9. The number of allylic oxidation sites excluding steroid dienone is 5.